The van der Waals surface area contributed by atoms with Gasteiger partial charge < -0.3 is 15.2 Å². The van der Waals surface area contributed by atoms with E-state index in [9.17, 15) is 9.59 Å². The van der Waals surface area contributed by atoms with Crippen LogP contribution in [0.1, 0.15) is 43.0 Å². The zero-order valence-corrected chi connectivity index (χ0v) is 21.9. The second-order valence-electron chi connectivity index (χ2n) is 7.70. The highest BCUT2D eigenvalue weighted by atomic mass is 35.5. The molecule has 2 amide bonds. The number of carbonyl (C=O) groups is 2. The summed E-state index contributed by atoms with van der Waals surface area (Å²) < 4.78 is 1.89. The van der Waals surface area contributed by atoms with E-state index in [1.165, 1.54) is 11.8 Å². The van der Waals surface area contributed by atoms with Gasteiger partial charge in [0.1, 0.15) is 0 Å². The van der Waals surface area contributed by atoms with Crippen LogP contribution >= 0.6 is 46.6 Å². The van der Waals surface area contributed by atoms with Crippen LogP contribution in [0.15, 0.2) is 47.6 Å². The molecule has 2 aromatic carbocycles. The average molecular weight is 541 g/mol. The number of rotatable bonds is 9. The number of nitrogens with zero attached hydrogens (tertiary/aromatic N) is 3. The molecule has 0 saturated carbocycles. The van der Waals surface area contributed by atoms with Crippen LogP contribution in [0.3, 0.4) is 0 Å². The maximum Gasteiger partial charge on any atom is 0.253 e. The smallest absolute Gasteiger partial charge is 0.253 e. The minimum absolute atomic E-state index is 0.0343. The monoisotopic (exact) mass is 539 g/mol. The van der Waals surface area contributed by atoms with Gasteiger partial charge in [-0.3, -0.25) is 9.59 Å². The number of anilines is 1. The van der Waals surface area contributed by atoms with Crippen molar-refractivity contribution >= 4 is 64.1 Å². The Hall–Kier alpha value is -2.26. The number of carbonyl (C=O) groups excluding carboxylic acids is 2. The van der Waals surface area contributed by atoms with E-state index >= 15 is 0 Å². The van der Waals surface area contributed by atoms with Crippen molar-refractivity contribution in [3.05, 3.63) is 68.9 Å². The van der Waals surface area contributed by atoms with Crippen LogP contribution in [-0.4, -0.2) is 32.3 Å². The molecule has 0 aliphatic carbocycles. The Morgan fingerprint density at radius 1 is 1.03 bits per heavy atom. The van der Waals surface area contributed by atoms with Crippen LogP contribution in [0.5, 0.6) is 0 Å². The fourth-order valence-electron chi connectivity index (χ4n) is 3.24. The van der Waals surface area contributed by atoms with Crippen LogP contribution in [0.4, 0.5) is 5.69 Å². The number of nitrogens with one attached hydrogen (secondary N) is 2. The maximum absolute atomic E-state index is 12.9. The van der Waals surface area contributed by atoms with Crippen LogP contribution in [0.2, 0.25) is 15.1 Å². The van der Waals surface area contributed by atoms with E-state index in [0.29, 0.717) is 38.8 Å². The predicted molar refractivity (Wildman–Crippen MR) is 138 cm³/mol. The van der Waals surface area contributed by atoms with E-state index in [1.807, 2.05) is 25.3 Å². The molecule has 0 aliphatic rings. The van der Waals surface area contributed by atoms with E-state index in [2.05, 4.69) is 20.8 Å². The molecule has 0 aliphatic heterocycles. The number of hydrogen-bond acceptors (Lipinski definition) is 5. The first kappa shape index (κ1) is 26.3. The molecule has 1 aromatic heterocycles. The van der Waals surface area contributed by atoms with Crippen molar-refractivity contribution in [3.8, 4) is 0 Å². The third kappa shape index (κ3) is 6.24. The van der Waals surface area contributed by atoms with E-state index in [0.717, 1.165) is 0 Å². The molecule has 0 bridgehead atoms. The molecule has 7 nitrogen and oxygen atoms in total. The molecule has 3 rings (SSSR count). The molecule has 3 aromatic rings. The SMILES string of the molecule is CCn1c(SCC(=O)Nc2cccc(Cl)c2Cl)nnc1[C@H](NC(=O)c1ccccc1Cl)C(C)C. The summed E-state index contributed by atoms with van der Waals surface area (Å²) in [5, 5.41) is 16.0. The first-order valence-corrected chi connectivity index (χ1v) is 12.7. The van der Waals surface area contributed by atoms with Crippen LogP contribution in [-0.2, 0) is 11.3 Å². The average Bonchev–Trinajstić information content (AvgIpc) is 3.21. The molecule has 11 heteroatoms. The summed E-state index contributed by atoms with van der Waals surface area (Å²) in [7, 11) is 0. The third-order valence-corrected chi connectivity index (χ3v) is 7.08. The number of benzene rings is 2. The zero-order chi connectivity index (χ0) is 24.8. The largest absolute Gasteiger partial charge is 0.342 e. The Bertz CT molecular complexity index is 1190. The summed E-state index contributed by atoms with van der Waals surface area (Å²) in [5.41, 5.74) is 0.836. The number of amides is 2. The summed E-state index contributed by atoms with van der Waals surface area (Å²) in [4.78, 5) is 25.3. The molecular weight excluding hydrogens is 517 g/mol. The standard InChI is InChI=1S/C23H24Cl3N5O2S/c1-4-31-21(20(13(2)3)28-22(33)14-8-5-6-9-15(14)24)29-30-23(31)34-12-18(32)27-17-11-7-10-16(25)19(17)26/h5-11,13,20H,4,12H2,1-3H3,(H,27,32)(H,28,33)/t20-/m1/s1. The molecule has 0 unspecified atom stereocenters. The van der Waals surface area contributed by atoms with Gasteiger partial charge in [0.2, 0.25) is 5.91 Å². The topological polar surface area (TPSA) is 88.9 Å². The Labute approximate surface area is 217 Å². The molecule has 0 radical (unpaired) electrons. The van der Waals surface area contributed by atoms with Gasteiger partial charge in [-0.2, -0.15) is 0 Å². The Balaban J connectivity index is 1.73. The number of hydrogen-bond donors (Lipinski definition) is 2. The first-order chi connectivity index (χ1) is 16.2. The molecular formula is C23H24Cl3N5O2S. The zero-order valence-electron chi connectivity index (χ0n) is 18.8. The quantitative estimate of drug-likeness (QED) is 0.319. The minimum atomic E-state index is -0.398. The minimum Gasteiger partial charge on any atom is -0.342 e. The predicted octanol–water partition coefficient (Wildman–Crippen LogP) is 6.12. The van der Waals surface area contributed by atoms with Gasteiger partial charge in [-0.25, -0.2) is 0 Å². The van der Waals surface area contributed by atoms with Gasteiger partial charge in [-0.05, 0) is 37.1 Å². The highest BCUT2D eigenvalue weighted by Crippen LogP contribution is 2.30. The highest BCUT2D eigenvalue weighted by molar-refractivity contribution is 7.99. The summed E-state index contributed by atoms with van der Waals surface area (Å²) in [6.07, 6.45) is 0. The van der Waals surface area contributed by atoms with Gasteiger partial charge >= 0.3 is 0 Å². The van der Waals surface area contributed by atoms with Gasteiger partial charge in [0, 0.05) is 6.54 Å². The summed E-state index contributed by atoms with van der Waals surface area (Å²) >= 11 is 19.6. The van der Waals surface area contributed by atoms with Gasteiger partial charge in [-0.1, -0.05) is 78.6 Å². The van der Waals surface area contributed by atoms with Crippen molar-refractivity contribution in [1.82, 2.24) is 20.1 Å². The summed E-state index contributed by atoms with van der Waals surface area (Å²) in [6.45, 7) is 6.50. The van der Waals surface area contributed by atoms with Gasteiger partial charge in [0.05, 0.1) is 38.1 Å². The molecule has 34 heavy (non-hydrogen) atoms. The van der Waals surface area contributed by atoms with Crippen molar-refractivity contribution < 1.29 is 9.59 Å². The lowest BCUT2D eigenvalue weighted by molar-refractivity contribution is -0.113. The lowest BCUT2D eigenvalue weighted by Crippen LogP contribution is -2.34. The fraction of sp³-hybridized carbons (Fsp3) is 0.304. The van der Waals surface area contributed by atoms with E-state index in [-0.39, 0.29) is 28.5 Å². The summed E-state index contributed by atoms with van der Waals surface area (Å²) in [5.74, 6) is 0.195. The highest BCUT2D eigenvalue weighted by Gasteiger charge is 2.27. The Kier molecular flexibility index (Phi) is 9.24. The molecule has 0 spiro atoms. The van der Waals surface area contributed by atoms with Gasteiger partial charge in [0.25, 0.3) is 5.91 Å². The fourth-order valence-corrected chi connectivity index (χ4v) is 4.62. The first-order valence-electron chi connectivity index (χ1n) is 10.6. The lowest BCUT2D eigenvalue weighted by atomic mass is 10.0. The molecule has 1 heterocycles. The maximum atomic E-state index is 12.9. The number of aromatic nitrogens is 3. The van der Waals surface area contributed by atoms with E-state index in [1.54, 1.807) is 42.5 Å². The van der Waals surface area contributed by atoms with Crippen molar-refractivity contribution in [2.24, 2.45) is 5.92 Å². The molecule has 0 saturated heterocycles. The molecule has 2 N–H and O–H groups in total. The lowest BCUT2D eigenvalue weighted by Gasteiger charge is -2.22. The normalized spacial score (nSPS) is 12.0. The van der Waals surface area contributed by atoms with Crippen LogP contribution < -0.4 is 10.6 Å². The number of halogens is 3. The molecule has 1 atom stereocenters. The van der Waals surface area contributed by atoms with Crippen molar-refractivity contribution in [2.75, 3.05) is 11.1 Å². The van der Waals surface area contributed by atoms with E-state index < -0.39 is 6.04 Å². The second kappa shape index (κ2) is 11.9. The Morgan fingerprint density at radius 3 is 2.41 bits per heavy atom. The Morgan fingerprint density at radius 2 is 1.74 bits per heavy atom. The van der Waals surface area contributed by atoms with Crippen molar-refractivity contribution in [3.63, 3.8) is 0 Å². The van der Waals surface area contributed by atoms with Gasteiger partial charge in [-0.15, -0.1) is 10.2 Å². The van der Waals surface area contributed by atoms with Gasteiger partial charge in [0.15, 0.2) is 11.0 Å². The van der Waals surface area contributed by atoms with Crippen LogP contribution in [0.25, 0.3) is 0 Å². The second-order valence-corrected chi connectivity index (χ2v) is 9.83. The third-order valence-electron chi connectivity index (χ3n) is 4.97. The summed E-state index contributed by atoms with van der Waals surface area (Å²) in [6, 6.07) is 11.5. The van der Waals surface area contributed by atoms with Crippen LogP contribution in [0, 0.1) is 5.92 Å². The van der Waals surface area contributed by atoms with Crippen molar-refractivity contribution in [2.45, 2.75) is 38.5 Å². The van der Waals surface area contributed by atoms with E-state index in [4.69, 9.17) is 34.8 Å². The molecule has 0 fully saturated rings. The number of thioether (sulfide) groups is 1. The molecule has 180 valence electrons. The van der Waals surface area contributed by atoms with Crippen molar-refractivity contribution in [1.29, 1.82) is 0 Å².